The van der Waals surface area contributed by atoms with Crippen LogP contribution in [0.1, 0.15) is 37.6 Å². The van der Waals surface area contributed by atoms with Gasteiger partial charge in [-0.3, -0.25) is 9.59 Å². The van der Waals surface area contributed by atoms with E-state index in [-0.39, 0.29) is 17.3 Å². The number of methoxy groups -OCH3 is 1. The van der Waals surface area contributed by atoms with Crippen LogP contribution in [0.5, 0.6) is 11.5 Å². The number of rotatable bonds is 8. The number of carbonyl (C=O) groups excluding carboxylic acids is 2. The van der Waals surface area contributed by atoms with Crippen LogP contribution in [0.4, 0.5) is 5.69 Å². The number of ether oxygens (including phenoxy) is 2. The fourth-order valence-electron chi connectivity index (χ4n) is 4.01. The lowest BCUT2D eigenvalue weighted by atomic mass is 9.94. The van der Waals surface area contributed by atoms with E-state index in [0.717, 1.165) is 6.42 Å². The summed E-state index contributed by atoms with van der Waals surface area (Å²) in [7, 11) is -2.13. The maximum Gasteiger partial charge on any atom is 0.262 e. The largest absolute Gasteiger partial charge is 0.493 e. The maximum absolute atomic E-state index is 13.0. The number of hydrogen-bond donors (Lipinski definition) is 1. The first-order valence-electron chi connectivity index (χ1n) is 10.8. The molecule has 1 N–H and O–H groups in total. The minimum atomic E-state index is -3.58. The summed E-state index contributed by atoms with van der Waals surface area (Å²) in [6.07, 6.45) is 1.02. The van der Waals surface area contributed by atoms with Gasteiger partial charge in [-0.2, -0.15) is 4.31 Å². The van der Waals surface area contributed by atoms with E-state index in [1.807, 2.05) is 0 Å². The van der Waals surface area contributed by atoms with E-state index in [2.05, 4.69) is 19.2 Å². The van der Waals surface area contributed by atoms with E-state index >= 15 is 0 Å². The quantitative estimate of drug-likeness (QED) is 0.587. The van der Waals surface area contributed by atoms with Crippen molar-refractivity contribution in [2.24, 2.45) is 11.8 Å². The number of ketones is 1. The maximum atomic E-state index is 13.0. The summed E-state index contributed by atoms with van der Waals surface area (Å²) in [4.78, 5) is 24.0. The van der Waals surface area contributed by atoms with E-state index in [0.29, 0.717) is 47.7 Å². The summed E-state index contributed by atoms with van der Waals surface area (Å²) >= 11 is 0. The number of piperidine rings is 1. The zero-order valence-electron chi connectivity index (χ0n) is 19.3. The molecule has 2 atom stereocenters. The average Bonchev–Trinajstić information content (AvgIpc) is 2.77. The molecule has 0 aromatic heterocycles. The van der Waals surface area contributed by atoms with Crippen molar-refractivity contribution in [2.75, 3.05) is 32.1 Å². The Morgan fingerprint density at radius 1 is 1.03 bits per heavy atom. The lowest BCUT2D eigenvalue weighted by Crippen LogP contribution is -2.42. The predicted octanol–water partition coefficient (Wildman–Crippen LogP) is 3.58. The van der Waals surface area contributed by atoms with E-state index in [1.54, 1.807) is 30.3 Å². The molecule has 9 heteroatoms. The van der Waals surface area contributed by atoms with Gasteiger partial charge in [0.15, 0.2) is 23.9 Å². The standard InChI is InChI=1S/C24H30N2O6S/c1-16-11-17(2)14-26(13-16)33(29,30)21-8-6-20(7-9-21)25-24(28)15-32-22-10-5-19(18(3)27)12-23(22)31-4/h5-10,12,16-17H,11,13-15H2,1-4H3,(H,25,28)/t16-,17-/m0/s1. The molecule has 3 rings (SSSR count). The average molecular weight is 475 g/mol. The van der Waals surface area contributed by atoms with Gasteiger partial charge < -0.3 is 14.8 Å². The van der Waals surface area contributed by atoms with Gasteiger partial charge in [0.25, 0.3) is 5.91 Å². The van der Waals surface area contributed by atoms with Crippen LogP contribution >= 0.6 is 0 Å². The summed E-state index contributed by atoms with van der Waals surface area (Å²) in [6.45, 7) is 6.32. The van der Waals surface area contributed by atoms with Crippen molar-refractivity contribution in [3.8, 4) is 11.5 Å². The van der Waals surface area contributed by atoms with Crippen LogP contribution in [0, 0.1) is 11.8 Å². The van der Waals surface area contributed by atoms with Crippen LogP contribution in [0.15, 0.2) is 47.4 Å². The van der Waals surface area contributed by atoms with Gasteiger partial charge in [-0.25, -0.2) is 8.42 Å². The molecule has 178 valence electrons. The summed E-state index contributed by atoms with van der Waals surface area (Å²) in [5, 5.41) is 2.68. The van der Waals surface area contributed by atoms with Gasteiger partial charge in [0.05, 0.1) is 12.0 Å². The summed E-state index contributed by atoms with van der Waals surface area (Å²) < 4.78 is 38.3. The van der Waals surface area contributed by atoms with Crippen molar-refractivity contribution >= 4 is 27.4 Å². The first kappa shape index (κ1) is 24.7. The zero-order valence-corrected chi connectivity index (χ0v) is 20.1. The molecule has 0 bridgehead atoms. The molecule has 1 aliphatic rings. The Morgan fingerprint density at radius 3 is 2.24 bits per heavy atom. The van der Waals surface area contributed by atoms with Crippen molar-refractivity contribution in [2.45, 2.75) is 32.1 Å². The number of nitrogens with zero attached hydrogens (tertiary/aromatic N) is 1. The topological polar surface area (TPSA) is 102 Å². The molecule has 1 aliphatic heterocycles. The summed E-state index contributed by atoms with van der Waals surface area (Å²) in [6, 6.07) is 10.8. The van der Waals surface area contributed by atoms with Crippen LogP contribution in [-0.2, 0) is 14.8 Å². The highest BCUT2D eigenvalue weighted by molar-refractivity contribution is 7.89. The first-order chi connectivity index (χ1) is 15.6. The second-order valence-electron chi connectivity index (χ2n) is 8.55. The fourth-order valence-corrected chi connectivity index (χ4v) is 5.69. The van der Waals surface area contributed by atoms with Crippen molar-refractivity contribution in [1.82, 2.24) is 4.31 Å². The third-order valence-corrected chi connectivity index (χ3v) is 7.39. The van der Waals surface area contributed by atoms with Crippen molar-refractivity contribution in [3.05, 3.63) is 48.0 Å². The Balaban J connectivity index is 1.61. The molecular weight excluding hydrogens is 444 g/mol. The normalized spacial score (nSPS) is 19.0. The van der Waals surface area contributed by atoms with E-state index < -0.39 is 15.9 Å². The molecule has 0 saturated carbocycles. The van der Waals surface area contributed by atoms with E-state index in [4.69, 9.17) is 9.47 Å². The fraction of sp³-hybridized carbons (Fsp3) is 0.417. The first-order valence-corrected chi connectivity index (χ1v) is 12.3. The molecule has 0 spiro atoms. The Bertz CT molecular complexity index is 1100. The zero-order chi connectivity index (χ0) is 24.2. The van der Waals surface area contributed by atoms with E-state index in [9.17, 15) is 18.0 Å². The molecule has 8 nitrogen and oxygen atoms in total. The minimum absolute atomic E-state index is 0.104. The Morgan fingerprint density at radius 2 is 1.67 bits per heavy atom. The number of anilines is 1. The predicted molar refractivity (Wildman–Crippen MR) is 125 cm³/mol. The third-order valence-electron chi connectivity index (χ3n) is 5.54. The van der Waals surface area contributed by atoms with Gasteiger partial charge in [-0.15, -0.1) is 0 Å². The molecule has 0 radical (unpaired) electrons. The van der Waals surface area contributed by atoms with Crippen molar-refractivity contribution in [3.63, 3.8) is 0 Å². The number of Topliss-reactive ketones (excluding diaryl/α,β-unsaturated/α-hetero) is 1. The smallest absolute Gasteiger partial charge is 0.262 e. The molecule has 2 aromatic rings. The molecule has 1 fully saturated rings. The van der Waals surface area contributed by atoms with Crippen LogP contribution in [-0.4, -0.2) is 51.2 Å². The second-order valence-corrected chi connectivity index (χ2v) is 10.5. The highest BCUT2D eigenvalue weighted by atomic mass is 32.2. The number of nitrogens with one attached hydrogen (secondary N) is 1. The third kappa shape index (κ3) is 6.11. The summed E-state index contributed by atoms with van der Waals surface area (Å²) in [5.41, 5.74) is 0.939. The molecule has 1 amide bonds. The van der Waals surface area contributed by atoms with Crippen LogP contribution in [0.2, 0.25) is 0 Å². The second kappa shape index (κ2) is 10.4. The number of hydrogen-bond acceptors (Lipinski definition) is 6. The van der Waals surface area contributed by atoms with Gasteiger partial charge >= 0.3 is 0 Å². The molecule has 1 saturated heterocycles. The molecule has 33 heavy (non-hydrogen) atoms. The Labute approximate surface area is 194 Å². The van der Waals surface area contributed by atoms with Gasteiger partial charge in [-0.1, -0.05) is 13.8 Å². The number of sulfonamides is 1. The molecule has 1 heterocycles. The van der Waals surface area contributed by atoms with Gasteiger partial charge in [-0.05, 0) is 67.6 Å². The molecule has 2 aromatic carbocycles. The minimum Gasteiger partial charge on any atom is -0.493 e. The number of carbonyl (C=O) groups is 2. The lowest BCUT2D eigenvalue weighted by molar-refractivity contribution is -0.118. The van der Waals surface area contributed by atoms with Crippen molar-refractivity contribution < 1.29 is 27.5 Å². The molecular formula is C24H30N2O6S. The monoisotopic (exact) mass is 474 g/mol. The summed E-state index contributed by atoms with van der Waals surface area (Å²) in [5.74, 6) is 0.809. The highest BCUT2D eigenvalue weighted by Crippen LogP contribution is 2.29. The van der Waals surface area contributed by atoms with Gasteiger partial charge in [0.1, 0.15) is 0 Å². The molecule has 0 unspecified atom stereocenters. The van der Waals surface area contributed by atoms with Gasteiger partial charge in [0, 0.05) is 24.3 Å². The molecule has 0 aliphatic carbocycles. The van der Waals surface area contributed by atoms with Crippen LogP contribution < -0.4 is 14.8 Å². The number of benzene rings is 2. The lowest BCUT2D eigenvalue weighted by Gasteiger charge is -2.34. The SMILES string of the molecule is COc1cc(C(C)=O)ccc1OCC(=O)Nc1ccc(S(=O)(=O)N2C[C@@H](C)C[C@H](C)C2)cc1. The Hall–Kier alpha value is -2.91. The van der Waals surface area contributed by atoms with Crippen molar-refractivity contribution in [1.29, 1.82) is 0 Å². The highest BCUT2D eigenvalue weighted by Gasteiger charge is 2.31. The van der Waals surface area contributed by atoms with Gasteiger partial charge in [0.2, 0.25) is 10.0 Å². The van der Waals surface area contributed by atoms with Crippen LogP contribution in [0.3, 0.4) is 0 Å². The number of amides is 1. The van der Waals surface area contributed by atoms with Crippen LogP contribution in [0.25, 0.3) is 0 Å². The van der Waals surface area contributed by atoms with E-state index in [1.165, 1.54) is 30.5 Å². The Kier molecular flexibility index (Phi) is 7.76.